The van der Waals surface area contributed by atoms with Crippen molar-refractivity contribution in [1.29, 1.82) is 0 Å². The Morgan fingerprint density at radius 1 is 1.23 bits per heavy atom. The van der Waals surface area contributed by atoms with Gasteiger partial charge < -0.3 is 0 Å². The smallest absolute Gasteiger partial charge is 0.123 e. The third kappa shape index (κ3) is 1.34. The fourth-order valence-corrected chi connectivity index (χ4v) is 1.83. The van der Waals surface area contributed by atoms with Crippen molar-refractivity contribution in [3.8, 4) is 0 Å². The summed E-state index contributed by atoms with van der Waals surface area (Å²) in [6.07, 6.45) is 0.935. The van der Waals surface area contributed by atoms with E-state index in [1.807, 2.05) is 0 Å². The molecule has 1 fully saturated rings. The third-order valence-electron chi connectivity index (χ3n) is 2.97. The van der Waals surface area contributed by atoms with Crippen molar-refractivity contribution >= 4 is 0 Å². The minimum Gasteiger partial charge on any atom is -0.247 e. The molecule has 0 spiro atoms. The summed E-state index contributed by atoms with van der Waals surface area (Å²) in [7, 11) is 0. The zero-order chi connectivity index (χ0) is 9.47. The first kappa shape index (κ1) is 8.67. The van der Waals surface area contributed by atoms with Crippen LogP contribution in [0.3, 0.4) is 0 Å². The molecule has 1 aromatic rings. The maximum absolute atomic E-state index is 13.2. The lowest BCUT2D eigenvalue weighted by molar-refractivity contribution is 0.290. The molecule has 13 heavy (non-hydrogen) atoms. The second kappa shape index (κ2) is 2.79. The van der Waals surface area contributed by atoms with Crippen LogP contribution in [0.25, 0.3) is 0 Å². The summed E-state index contributed by atoms with van der Waals surface area (Å²) in [5.41, 5.74) is 0.636. The lowest BCUT2D eigenvalue weighted by Crippen LogP contribution is -2.18. The topological polar surface area (TPSA) is 0 Å². The SMILES string of the molecule is CC(F)C1(c2ccc(F)cc2)CC1. The maximum atomic E-state index is 13.2. The van der Waals surface area contributed by atoms with Crippen LogP contribution >= 0.6 is 0 Å². The summed E-state index contributed by atoms with van der Waals surface area (Å²) in [6.45, 7) is 1.58. The first-order valence-electron chi connectivity index (χ1n) is 4.55. The van der Waals surface area contributed by atoms with E-state index in [9.17, 15) is 8.78 Å². The molecule has 0 heterocycles. The van der Waals surface area contributed by atoms with E-state index in [1.54, 1.807) is 19.1 Å². The molecule has 1 saturated carbocycles. The maximum Gasteiger partial charge on any atom is 0.123 e. The van der Waals surface area contributed by atoms with Crippen LogP contribution in [0.5, 0.6) is 0 Å². The summed E-state index contributed by atoms with van der Waals surface area (Å²) >= 11 is 0. The average Bonchev–Trinajstić information content (AvgIpc) is 2.86. The molecule has 0 nitrogen and oxygen atoms in total. The van der Waals surface area contributed by atoms with Crippen molar-refractivity contribution in [3.63, 3.8) is 0 Å². The molecule has 0 saturated heterocycles. The molecular formula is C11H12F2. The van der Waals surface area contributed by atoms with Crippen LogP contribution in [0.1, 0.15) is 25.3 Å². The van der Waals surface area contributed by atoms with E-state index in [2.05, 4.69) is 0 Å². The summed E-state index contributed by atoms with van der Waals surface area (Å²) in [5.74, 6) is -0.258. The van der Waals surface area contributed by atoms with Gasteiger partial charge in [-0.2, -0.15) is 0 Å². The van der Waals surface area contributed by atoms with E-state index in [0.29, 0.717) is 0 Å². The molecule has 0 aliphatic heterocycles. The molecule has 0 radical (unpaired) electrons. The monoisotopic (exact) mass is 182 g/mol. The Morgan fingerprint density at radius 2 is 1.77 bits per heavy atom. The van der Waals surface area contributed by atoms with Crippen molar-refractivity contribution in [2.24, 2.45) is 0 Å². The van der Waals surface area contributed by atoms with Gasteiger partial charge in [0.1, 0.15) is 12.0 Å². The number of hydrogen-bond donors (Lipinski definition) is 0. The minimum atomic E-state index is -0.835. The lowest BCUT2D eigenvalue weighted by atomic mass is 9.92. The zero-order valence-electron chi connectivity index (χ0n) is 7.56. The molecule has 0 bridgehead atoms. The molecule has 70 valence electrons. The second-order valence-electron chi connectivity index (χ2n) is 3.78. The standard InChI is InChI=1S/C11H12F2/c1-8(12)11(6-7-11)9-2-4-10(13)5-3-9/h2-5,8H,6-7H2,1H3. The van der Waals surface area contributed by atoms with Gasteiger partial charge in [0.15, 0.2) is 0 Å². The highest BCUT2D eigenvalue weighted by molar-refractivity contribution is 5.32. The van der Waals surface area contributed by atoms with E-state index < -0.39 is 6.17 Å². The number of alkyl halides is 1. The average molecular weight is 182 g/mol. The fourth-order valence-electron chi connectivity index (χ4n) is 1.83. The van der Waals surface area contributed by atoms with E-state index in [-0.39, 0.29) is 11.2 Å². The Labute approximate surface area is 76.6 Å². The normalized spacial score (nSPS) is 21.2. The van der Waals surface area contributed by atoms with Gasteiger partial charge in [-0.05, 0) is 37.5 Å². The fraction of sp³-hybridized carbons (Fsp3) is 0.455. The molecule has 0 amide bonds. The van der Waals surface area contributed by atoms with Crippen molar-refractivity contribution in [2.75, 3.05) is 0 Å². The van der Waals surface area contributed by atoms with E-state index in [1.165, 1.54) is 12.1 Å². The van der Waals surface area contributed by atoms with Crippen LogP contribution in [-0.4, -0.2) is 6.17 Å². The zero-order valence-corrected chi connectivity index (χ0v) is 7.56. The molecule has 0 N–H and O–H groups in total. The largest absolute Gasteiger partial charge is 0.247 e. The molecule has 1 aromatic carbocycles. The van der Waals surface area contributed by atoms with Crippen LogP contribution in [0, 0.1) is 5.82 Å². The predicted molar refractivity (Wildman–Crippen MR) is 47.9 cm³/mol. The highest BCUT2D eigenvalue weighted by Gasteiger charge is 2.49. The van der Waals surface area contributed by atoms with Crippen LogP contribution in [0.4, 0.5) is 8.78 Å². The first-order valence-corrected chi connectivity index (χ1v) is 4.55. The molecule has 0 aromatic heterocycles. The first-order chi connectivity index (χ1) is 6.15. The molecule has 1 unspecified atom stereocenters. The minimum absolute atomic E-state index is 0.258. The van der Waals surface area contributed by atoms with E-state index in [0.717, 1.165) is 18.4 Å². The Kier molecular flexibility index (Phi) is 1.86. The molecule has 1 atom stereocenters. The predicted octanol–water partition coefficient (Wildman–Crippen LogP) is 3.22. The van der Waals surface area contributed by atoms with Gasteiger partial charge in [-0.25, -0.2) is 8.78 Å². The Morgan fingerprint density at radius 3 is 2.15 bits per heavy atom. The van der Waals surface area contributed by atoms with Gasteiger partial charge in [0.05, 0.1) is 0 Å². The Hall–Kier alpha value is -0.920. The van der Waals surface area contributed by atoms with Gasteiger partial charge in [0.2, 0.25) is 0 Å². The van der Waals surface area contributed by atoms with Gasteiger partial charge in [-0.3, -0.25) is 0 Å². The van der Waals surface area contributed by atoms with E-state index in [4.69, 9.17) is 0 Å². The Balaban J connectivity index is 2.31. The number of hydrogen-bond acceptors (Lipinski definition) is 0. The molecule has 2 heteroatoms. The van der Waals surface area contributed by atoms with Gasteiger partial charge in [-0.1, -0.05) is 12.1 Å². The molecule has 1 aliphatic carbocycles. The van der Waals surface area contributed by atoms with Crippen LogP contribution in [-0.2, 0) is 5.41 Å². The summed E-state index contributed by atoms with van der Waals surface area (Å²) in [4.78, 5) is 0. The third-order valence-corrected chi connectivity index (χ3v) is 2.97. The molecule has 1 aliphatic rings. The van der Waals surface area contributed by atoms with Crippen molar-refractivity contribution < 1.29 is 8.78 Å². The van der Waals surface area contributed by atoms with Crippen molar-refractivity contribution in [3.05, 3.63) is 35.6 Å². The number of benzene rings is 1. The van der Waals surface area contributed by atoms with Crippen LogP contribution in [0.15, 0.2) is 24.3 Å². The Bertz CT molecular complexity index is 296. The molecule has 2 rings (SSSR count). The molecular weight excluding hydrogens is 170 g/mol. The highest BCUT2D eigenvalue weighted by atomic mass is 19.1. The summed E-state index contributed by atoms with van der Waals surface area (Å²) in [6, 6.07) is 6.19. The summed E-state index contributed by atoms with van der Waals surface area (Å²) in [5, 5.41) is 0. The lowest BCUT2D eigenvalue weighted by Gasteiger charge is -2.16. The highest BCUT2D eigenvalue weighted by Crippen LogP contribution is 2.51. The van der Waals surface area contributed by atoms with E-state index >= 15 is 0 Å². The second-order valence-corrected chi connectivity index (χ2v) is 3.78. The van der Waals surface area contributed by atoms with Crippen molar-refractivity contribution in [1.82, 2.24) is 0 Å². The van der Waals surface area contributed by atoms with Gasteiger partial charge in [0, 0.05) is 5.41 Å². The quantitative estimate of drug-likeness (QED) is 0.658. The number of halogens is 2. The van der Waals surface area contributed by atoms with Crippen LogP contribution < -0.4 is 0 Å². The van der Waals surface area contributed by atoms with Gasteiger partial charge in [-0.15, -0.1) is 0 Å². The number of rotatable bonds is 2. The van der Waals surface area contributed by atoms with Crippen LogP contribution in [0.2, 0.25) is 0 Å². The van der Waals surface area contributed by atoms with Gasteiger partial charge in [0.25, 0.3) is 0 Å². The van der Waals surface area contributed by atoms with Crippen molar-refractivity contribution in [2.45, 2.75) is 31.4 Å². The van der Waals surface area contributed by atoms with Gasteiger partial charge >= 0.3 is 0 Å². The summed E-state index contributed by atoms with van der Waals surface area (Å²) < 4.78 is 25.8.